The second-order valence-electron chi connectivity index (χ2n) is 27.8. The van der Waals surface area contributed by atoms with Gasteiger partial charge >= 0.3 is 17.9 Å². The molecule has 4 heterocycles. The number of halogens is 3. The van der Waals surface area contributed by atoms with Crippen molar-refractivity contribution in [3.63, 3.8) is 0 Å². The Morgan fingerprint density at radius 3 is 1.64 bits per heavy atom. The van der Waals surface area contributed by atoms with E-state index in [2.05, 4.69) is 20.4 Å². The number of anilines is 1. The first-order chi connectivity index (χ1) is 46.6. The number of benzene rings is 2. The molecule has 3 aliphatic rings. The number of likely N-dealkylation sites (tertiary alicyclic amines) is 1. The van der Waals surface area contributed by atoms with Crippen molar-refractivity contribution in [1.29, 1.82) is 0 Å². The minimum atomic E-state index is -2.87. The molecule has 24 nitrogen and oxygen atoms in total. The fourth-order valence-corrected chi connectivity index (χ4v) is 11.9. The molecule has 0 saturated carbocycles. The molecule has 3 aliphatic heterocycles. The van der Waals surface area contributed by atoms with Crippen LogP contribution in [0.5, 0.6) is 5.75 Å². The third-order valence-corrected chi connectivity index (χ3v) is 16.5. The van der Waals surface area contributed by atoms with E-state index >= 15 is 0 Å². The van der Waals surface area contributed by atoms with Crippen LogP contribution in [0.4, 0.5) is 14.5 Å². The Morgan fingerprint density at radius 1 is 0.602 bits per heavy atom. The van der Waals surface area contributed by atoms with Crippen LogP contribution in [0.1, 0.15) is 128 Å². The summed E-state index contributed by atoms with van der Waals surface area (Å²) in [6, 6.07) is 14.9. The van der Waals surface area contributed by atoms with E-state index in [0.717, 1.165) is 37.6 Å². The first kappa shape index (κ1) is 80.8. The molecule has 548 valence electrons. The monoisotopic (exact) mass is 1400 g/mol. The molecule has 98 heavy (non-hydrogen) atoms. The fraction of sp³-hybridized carbons (Fsp3) is 0.676. The summed E-state index contributed by atoms with van der Waals surface area (Å²) in [5.41, 5.74) is -0.294. The molecule has 0 unspecified atom stereocenters. The van der Waals surface area contributed by atoms with Gasteiger partial charge in [0.15, 0.2) is 5.69 Å². The Morgan fingerprint density at radius 2 is 1.12 bits per heavy atom. The molecule has 2 aromatic carbocycles. The van der Waals surface area contributed by atoms with Crippen molar-refractivity contribution in [3.05, 3.63) is 76.4 Å². The summed E-state index contributed by atoms with van der Waals surface area (Å²) in [5, 5.41) is 6.35. The average Bonchev–Trinajstić information content (AvgIpc) is 0.827. The van der Waals surface area contributed by atoms with E-state index in [1.165, 1.54) is 12.1 Å². The highest BCUT2D eigenvalue weighted by Gasteiger charge is 2.35. The van der Waals surface area contributed by atoms with Crippen LogP contribution in [0.3, 0.4) is 0 Å². The zero-order valence-electron chi connectivity index (χ0n) is 59.8. The lowest BCUT2D eigenvalue weighted by atomic mass is 10.0. The number of para-hydroxylation sites is 1. The molecule has 6 rings (SSSR count). The van der Waals surface area contributed by atoms with Crippen molar-refractivity contribution in [1.82, 2.24) is 45.0 Å². The fourth-order valence-electron chi connectivity index (χ4n) is 11.7. The van der Waals surface area contributed by atoms with Crippen LogP contribution >= 0.6 is 11.6 Å². The smallest absolute Gasteiger partial charge is 0.320 e. The normalized spacial score (nSPS) is 17.9. The van der Waals surface area contributed by atoms with E-state index in [4.69, 9.17) is 54.5 Å². The molecule has 2 N–H and O–H groups in total. The number of pyridine rings is 1. The highest BCUT2D eigenvalue weighted by Crippen LogP contribution is 2.34. The number of hydrogen-bond acceptors (Lipinski definition) is 21. The number of nitrogens with zero attached hydrogens (tertiary/aromatic N) is 8. The zero-order chi connectivity index (χ0) is 71.4. The third kappa shape index (κ3) is 29.2. The Bertz CT molecular complexity index is 2960. The zero-order valence-corrected chi connectivity index (χ0v) is 60.5. The summed E-state index contributed by atoms with van der Waals surface area (Å²) in [4.78, 5) is 99.8. The molecule has 0 radical (unpaired) electrons. The predicted molar refractivity (Wildman–Crippen MR) is 371 cm³/mol. The average molecular weight is 1400 g/mol. The lowest BCUT2D eigenvalue weighted by Crippen LogP contribution is -2.55. The Kier molecular flexibility index (Phi) is 33.2. The van der Waals surface area contributed by atoms with Crippen molar-refractivity contribution in [2.24, 2.45) is 0 Å². The molecular weight excluding hydrogens is 1290 g/mol. The van der Waals surface area contributed by atoms with E-state index in [0.29, 0.717) is 142 Å². The number of ether oxygens (including phenoxy) is 8. The van der Waals surface area contributed by atoms with Crippen molar-refractivity contribution < 1.29 is 75.4 Å². The van der Waals surface area contributed by atoms with Crippen molar-refractivity contribution in [3.8, 4) is 17.0 Å². The maximum atomic E-state index is 14.5. The quantitative estimate of drug-likeness (QED) is 0.0351. The third-order valence-electron chi connectivity index (χ3n) is 16.3. The van der Waals surface area contributed by atoms with Gasteiger partial charge in [-0.15, -0.1) is 0 Å². The number of carbonyl (C=O) groups excluding carboxylic acids is 6. The highest BCUT2D eigenvalue weighted by atomic mass is 35.5. The van der Waals surface area contributed by atoms with E-state index in [1.807, 2.05) is 132 Å². The molecule has 0 spiro atoms. The lowest BCUT2D eigenvalue weighted by Gasteiger charge is -2.43. The molecule has 0 aliphatic carbocycles. The van der Waals surface area contributed by atoms with Gasteiger partial charge in [-0.2, -0.15) is 0 Å². The second kappa shape index (κ2) is 40.3. The summed E-state index contributed by atoms with van der Waals surface area (Å²) in [7, 11) is 0. The largest absolute Gasteiger partial charge is 0.493 e. The summed E-state index contributed by atoms with van der Waals surface area (Å²) in [6.45, 7) is 30.9. The van der Waals surface area contributed by atoms with Gasteiger partial charge in [0.1, 0.15) is 22.6 Å². The molecule has 0 bridgehead atoms. The minimum Gasteiger partial charge on any atom is -0.493 e. The van der Waals surface area contributed by atoms with Crippen molar-refractivity contribution >= 4 is 52.9 Å². The number of rotatable bonds is 33. The first-order valence-electron chi connectivity index (χ1n) is 34.6. The summed E-state index contributed by atoms with van der Waals surface area (Å²) < 4.78 is 74.1. The molecule has 1 aromatic heterocycles. The molecular formula is C71H109ClF2N10O14. The molecule has 3 fully saturated rings. The predicted octanol–water partition coefficient (Wildman–Crippen LogP) is 7.10. The molecule has 27 heteroatoms. The molecule has 3 aromatic rings. The van der Waals surface area contributed by atoms with E-state index < -0.39 is 34.7 Å². The van der Waals surface area contributed by atoms with Gasteiger partial charge in [-0.1, -0.05) is 30.7 Å². The maximum absolute atomic E-state index is 14.5. The van der Waals surface area contributed by atoms with Crippen molar-refractivity contribution in [2.75, 3.05) is 189 Å². The summed E-state index contributed by atoms with van der Waals surface area (Å²) in [5.74, 6) is -1.48. The van der Waals surface area contributed by atoms with Gasteiger partial charge in [0.25, 0.3) is 18.2 Å². The topological polar surface area (TPSA) is 236 Å². The number of amides is 3. The van der Waals surface area contributed by atoms with Gasteiger partial charge in [-0.05, 0) is 131 Å². The van der Waals surface area contributed by atoms with Gasteiger partial charge in [-0.3, -0.25) is 48.4 Å². The number of piperazine rings is 1. The Balaban J connectivity index is 0.874. The summed E-state index contributed by atoms with van der Waals surface area (Å²) in [6.07, 6.45) is -0.711. The number of carbonyl (C=O) groups is 6. The highest BCUT2D eigenvalue weighted by molar-refractivity contribution is 6.30. The number of esters is 3. The Labute approximate surface area is 583 Å². The van der Waals surface area contributed by atoms with Gasteiger partial charge in [-0.25, -0.2) is 13.8 Å². The first-order valence-corrected chi connectivity index (χ1v) is 35.0. The van der Waals surface area contributed by atoms with E-state index in [-0.39, 0.29) is 111 Å². The van der Waals surface area contributed by atoms with Crippen LogP contribution < -0.4 is 20.3 Å². The number of nitrogens with one attached hydrogen (secondary N) is 2. The standard InChI is InChI=1S/C71H109ClF2N10O14/c1-12-54-47-83(68(90)55-20-19-52(72)45-57(55)66(73)74)35-36-84(54)59-22-21-58(56-17-14-15-18-60(56)95-13-2)77-65(59)67(89)76-53-23-26-78(46-53)25-16-37-91-39-41-93-43-44-94-42-40-92-38-24-75-61(85)48-79-27-29-80(49-62(86)96-69(3,4)5)31-33-82(51-64(88)98-71(9,10)11)34-32-81(30-28-79)50-63(87)97-70(6,7)8/h14-15,17-22,45,53-54,66H,12-13,16,23-44,46-51H2,1-11H3,(H,75,85)(H,76,89)/t53-,54-/m1/s1. The van der Waals surface area contributed by atoms with E-state index in [9.17, 15) is 37.5 Å². The Hall–Kier alpha value is -6.20. The lowest BCUT2D eigenvalue weighted by molar-refractivity contribution is -0.158. The SMILES string of the molecule is CCOc1ccccc1-c1ccc(N2CCN(C(=O)c3ccc(Cl)cc3C(F)F)C[C@H]2CC)c(C(=O)N[C@@H]2CCN(CCCOCCOCCOCCOCCNC(=O)CN3CCN(CC(=O)OC(C)(C)C)CCN(CC(=O)OC(C)(C)C)CCN(CC(=O)OC(C)(C)C)CC3)C2)n1. The van der Waals surface area contributed by atoms with Crippen LogP contribution in [0, 0.1) is 0 Å². The van der Waals surface area contributed by atoms with Gasteiger partial charge < -0.3 is 63.2 Å². The number of hydrogen-bond donors (Lipinski definition) is 2. The van der Waals surface area contributed by atoms with Crippen molar-refractivity contribution in [2.45, 2.75) is 131 Å². The van der Waals surface area contributed by atoms with Crippen LogP contribution in [0.2, 0.25) is 5.02 Å². The van der Waals surface area contributed by atoms with Crippen LogP contribution in [-0.2, 0) is 52.3 Å². The van der Waals surface area contributed by atoms with E-state index in [1.54, 1.807) is 4.90 Å². The molecule has 3 saturated heterocycles. The second-order valence-corrected chi connectivity index (χ2v) is 28.2. The van der Waals surface area contributed by atoms with Gasteiger partial charge in [0.2, 0.25) is 5.91 Å². The summed E-state index contributed by atoms with van der Waals surface area (Å²) >= 11 is 6.04. The minimum absolute atomic E-state index is 0.0277. The number of alkyl halides is 2. The van der Waals surface area contributed by atoms with Gasteiger partial charge in [0, 0.05) is 139 Å². The molecule has 3 amide bonds. The molecule has 2 atom stereocenters. The van der Waals surface area contributed by atoms with Crippen LogP contribution in [0.15, 0.2) is 54.6 Å². The van der Waals surface area contributed by atoms with Crippen LogP contribution in [-0.4, -0.2) is 283 Å². The maximum Gasteiger partial charge on any atom is 0.320 e. The van der Waals surface area contributed by atoms with Crippen LogP contribution in [0.25, 0.3) is 11.3 Å². The van der Waals surface area contributed by atoms with Gasteiger partial charge in [0.05, 0.1) is 90.4 Å². The number of aromatic nitrogens is 1.